The van der Waals surface area contributed by atoms with Crippen LogP contribution < -0.4 is 4.74 Å². The molecular formula is C23H28N2O4. The van der Waals surface area contributed by atoms with E-state index in [4.69, 9.17) is 9.47 Å². The number of hydrogen-bond donors (Lipinski definition) is 0. The molecule has 0 bridgehead atoms. The standard InChI is InChI=1S/C23H28N2O4/c1-18(29-17-19-8-6-11-21(16-19)28-2)22(26)24-12-7-13-25(15-14-24)23(27)20-9-4-3-5-10-20/h3-6,8-11,16,18H,7,12-15,17H2,1-2H3. The van der Waals surface area contributed by atoms with E-state index in [0.29, 0.717) is 38.3 Å². The van der Waals surface area contributed by atoms with Gasteiger partial charge in [0.2, 0.25) is 0 Å². The summed E-state index contributed by atoms with van der Waals surface area (Å²) in [4.78, 5) is 29.1. The Morgan fingerprint density at radius 3 is 2.45 bits per heavy atom. The van der Waals surface area contributed by atoms with Crippen LogP contribution in [0.2, 0.25) is 0 Å². The highest BCUT2D eigenvalue weighted by molar-refractivity contribution is 5.94. The maximum absolute atomic E-state index is 12.8. The van der Waals surface area contributed by atoms with Gasteiger partial charge in [0, 0.05) is 31.7 Å². The van der Waals surface area contributed by atoms with Crippen LogP contribution >= 0.6 is 0 Å². The third-order valence-electron chi connectivity index (χ3n) is 5.10. The van der Waals surface area contributed by atoms with Crippen molar-refractivity contribution in [1.29, 1.82) is 0 Å². The normalized spacial score (nSPS) is 15.5. The van der Waals surface area contributed by atoms with Crippen molar-refractivity contribution >= 4 is 11.8 Å². The van der Waals surface area contributed by atoms with Crippen molar-refractivity contribution in [2.24, 2.45) is 0 Å². The lowest BCUT2D eigenvalue weighted by molar-refractivity contribution is -0.143. The lowest BCUT2D eigenvalue weighted by atomic mass is 10.2. The lowest BCUT2D eigenvalue weighted by Gasteiger charge is -2.25. The summed E-state index contributed by atoms with van der Waals surface area (Å²) in [6.45, 7) is 4.45. The first-order chi connectivity index (χ1) is 14.1. The highest BCUT2D eigenvalue weighted by atomic mass is 16.5. The monoisotopic (exact) mass is 396 g/mol. The Labute approximate surface area is 172 Å². The molecule has 2 amide bonds. The Morgan fingerprint density at radius 2 is 1.69 bits per heavy atom. The fourth-order valence-corrected chi connectivity index (χ4v) is 3.42. The molecule has 6 nitrogen and oxygen atoms in total. The first-order valence-electron chi connectivity index (χ1n) is 9.96. The molecule has 0 aromatic heterocycles. The molecule has 1 aliphatic heterocycles. The van der Waals surface area contributed by atoms with Crippen LogP contribution in [0.5, 0.6) is 5.75 Å². The molecule has 6 heteroatoms. The molecule has 0 spiro atoms. The van der Waals surface area contributed by atoms with Crippen LogP contribution in [0.1, 0.15) is 29.3 Å². The second-order valence-corrected chi connectivity index (χ2v) is 7.14. The molecule has 154 valence electrons. The molecule has 0 aliphatic carbocycles. The third-order valence-corrected chi connectivity index (χ3v) is 5.10. The molecule has 2 aromatic rings. The first kappa shape index (κ1) is 20.9. The number of hydrogen-bond acceptors (Lipinski definition) is 4. The maximum atomic E-state index is 12.8. The van der Waals surface area contributed by atoms with Crippen LogP contribution in [0, 0.1) is 0 Å². The lowest BCUT2D eigenvalue weighted by Crippen LogP contribution is -2.42. The molecule has 0 radical (unpaired) electrons. The van der Waals surface area contributed by atoms with E-state index >= 15 is 0 Å². The Balaban J connectivity index is 1.52. The van der Waals surface area contributed by atoms with Crippen LogP contribution in [0.15, 0.2) is 54.6 Å². The van der Waals surface area contributed by atoms with Gasteiger partial charge in [-0.2, -0.15) is 0 Å². The van der Waals surface area contributed by atoms with Gasteiger partial charge >= 0.3 is 0 Å². The van der Waals surface area contributed by atoms with Gasteiger partial charge in [0.1, 0.15) is 11.9 Å². The Bertz CT molecular complexity index is 825. The van der Waals surface area contributed by atoms with E-state index < -0.39 is 6.10 Å². The van der Waals surface area contributed by atoms with Gasteiger partial charge in [0.25, 0.3) is 11.8 Å². The van der Waals surface area contributed by atoms with Crippen molar-refractivity contribution in [2.45, 2.75) is 26.1 Å². The average molecular weight is 396 g/mol. The van der Waals surface area contributed by atoms with Gasteiger partial charge in [-0.15, -0.1) is 0 Å². The average Bonchev–Trinajstić information content (AvgIpc) is 3.03. The van der Waals surface area contributed by atoms with E-state index in [1.165, 1.54) is 0 Å². The van der Waals surface area contributed by atoms with Crippen molar-refractivity contribution in [1.82, 2.24) is 9.80 Å². The van der Waals surface area contributed by atoms with Gasteiger partial charge in [0.15, 0.2) is 0 Å². The highest BCUT2D eigenvalue weighted by Gasteiger charge is 2.26. The number of nitrogens with zero attached hydrogens (tertiary/aromatic N) is 2. The minimum atomic E-state index is -0.544. The van der Waals surface area contributed by atoms with Crippen molar-refractivity contribution in [3.8, 4) is 5.75 Å². The second kappa shape index (κ2) is 10.1. The van der Waals surface area contributed by atoms with E-state index in [9.17, 15) is 9.59 Å². The summed E-state index contributed by atoms with van der Waals surface area (Å²) in [5.41, 5.74) is 1.64. The zero-order chi connectivity index (χ0) is 20.6. The minimum absolute atomic E-state index is 0.0159. The van der Waals surface area contributed by atoms with Gasteiger partial charge in [-0.05, 0) is 43.2 Å². The van der Waals surface area contributed by atoms with Gasteiger partial charge in [-0.3, -0.25) is 9.59 Å². The number of rotatable bonds is 6. The fourth-order valence-electron chi connectivity index (χ4n) is 3.42. The van der Waals surface area contributed by atoms with Crippen LogP contribution in [-0.2, 0) is 16.1 Å². The van der Waals surface area contributed by atoms with E-state index in [1.54, 1.807) is 18.9 Å². The predicted molar refractivity (Wildman–Crippen MR) is 111 cm³/mol. The number of carbonyl (C=O) groups excluding carboxylic acids is 2. The summed E-state index contributed by atoms with van der Waals surface area (Å²) in [7, 11) is 1.62. The molecular weight excluding hydrogens is 368 g/mol. The Kier molecular flexibility index (Phi) is 7.25. The van der Waals surface area contributed by atoms with Crippen LogP contribution in [0.3, 0.4) is 0 Å². The molecule has 1 fully saturated rings. The third kappa shape index (κ3) is 5.57. The van der Waals surface area contributed by atoms with Gasteiger partial charge < -0.3 is 19.3 Å². The van der Waals surface area contributed by atoms with Crippen LogP contribution in [0.25, 0.3) is 0 Å². The van der Waals surface area contributed by atoms with Crippen LogP contribution in [0.4, 0.5) is 0 Å². The van der Waals surface area contributed by atoms with Gasteiger partial charge in [-0.1, -0.05) is 30.3 Å². The SMILES string of the molecule is COc1cccc(COC(C)C(=O)N2CCCN(C(=O)c3ccccc3)CC2)c1. The molecule has 29 heavy (non-hydrogen) atoms. The molecule has 1 atom stereocenters. The summed E-state index contributed by atoms with van der Waals surface area (Å²) < 4.78 is 11.0. The zero-order valence-electron chi connectivity index (χ0n) is 17.0. The van der Waals surface area contributed by atoms with E-state index in [2.05, 4.69) is 0 Å². The molecule has 1 aliphatic rings. The summed E-state index contributed by atoms with van der Waals surface area (Å²) in [5, 5.41) is 0. The number of benzene rings is 2. The second-order valence-electron chi connectivity index (χ2n) is 7.14. The number of ether oxygens (including phenoxy) is 2. The molecule has 2 aromatic carbocycles. The summed E-state index contributed by atoms with van der Waals surface area (Å²) in [5.74, 6) is 0.741. The Morgan fingerprint density at radius 1 is 0.966 bits per heavy atom. The summed E-state index contributed by atoms with van der Waals surface area (Å²) in [6.07, 6.45) is 0.213. The van der Waals surface area contributed by atoms with E-state index in [-0.39, 0.29) is 11.8 Å². The molecule has 3 rings (SSSR count). The minimum Gasteiger partial charge on any atom is -0.497 e. The van der Waals surface area contributed by atoms with Crippen molar-refractivity contribution < 1.29 is 19.1 Å². The zero-order valence-corrected chi connectivity index (χ0v) is 17.0. The van der Waals surface area contributed by atoms with Gasteiger partial charge in [-0.25, -0.2) is 0 Å². The van der Waals surface area contributed by atoms with Crippen LogP contribution in [-0.4, -0.2) is 61.0 Å². The van der Waals surface area contributed by atoms with Crippen molar-refractivity contribution in [2.75, 3.05) is 33.3 Å². The number of carbonyl (C=O) groups is 2. The maximum Gasteiger partial charge on any atom is 0.253 e. The highest BCUT2D eigenvalue weighted by Crippen LogP contribution is 2.15. The number of methoxy groups -OCH3 is 1. The first-order valence-corrected chi connectivity index (χ1v) is 9.96. The fraction of sp³-hybridized carbons (Fsp3) is 0.391. The molecule has 1 heterocycles. The molecule has 0 N–H and O–H groups in total. The van der Waals surface area contributed by atoms with Crippen molar-refractivity contribution in [3.05, 3.63) is 65.7 Å². The summed E-state index contributed by atoms with van der Waals surface area (Å²) >= 11 is 0. The van der Waals surface area contributed by atoms with E-state index in [0.717, 1.165) is 17.7 Å². The largest absolute Gasteiger partial charge is 0.497 e. The predicted octanol–water partition coefficient (Wildman–Crippen LogP) is 2.98. The molecule has 1 saturated heterocycles. The smallest absolute Gasteiger partial charge is 0.253 e. The van der Waals surface area contributed by atoms with E-state index in [1.807, 2.05) is 59.5 Å². The quantitative estimate of drug-likeness (QED) is 0.753. The number of amides is 2. The summed E-state index contributed by atoms with van der Waals surface area (Å²) in [6, 6.07) is 16.9. The van der Waals surface area contributed by atoms with Gasteiger partial charge in [0.05, 0.1) is 13.7 Å². The van der Waals surface area contributed by atoms with Crippen molar-refractivity contribution in [3.63, 3.8) is 0 Å². The molecule has 0 saturated carbocycles. The topological polar surface area (TPSA) is 59.1 Å². The Hall–Kier alpha value is -2.86. The molecule has 1 unspecified atom stereocenters.